The molecule has 0 radical (unpaired) electrons. The van der Waals surface area contributed by atoms with Gasteiger partial charge in [-0.2, -0.15) is 0 Å². The highest BCUT2D eigenvalue weighted by atomic mass is 16.3. The number of carbonyl (C=O) groups excluding carboxylic acids is 8. The van der Waals surface area contributed by atoms with Crippen molar-refractivity contribution in [3.05, 3.63) is 71.3 Å². The van der Waals surface area contributed by atoms with Crippen molar-refractivity contribution in [2.24, 2.45) is 23.1 Å². The minimum Gasteiger partial charge on any atom is -0.391 e. The Labute approximate surface area is 380 Å². The molecule has 65 heavy (non-hydrogen) atoms. The lowest BCUT2D eigenvalue weighted by atomic mass is 10.00. The zero-order chi connectivity index (χ0) is 48.1. The van der Waals surface area contributed by atoms with Crippen LogP contribution in [0.25, 0.3) is 0 Å². The molecular formula is C45H69N11O9. The van der Waals surface area contributed by atoms with Gasteiger partial charge in [-0.15, -0.1) is 0 Å². The van der Waals surface area contributed by atoms with Crippen molar-refractivity contribution in [2.45, 2.75) is 127 Å². The summed E-state index contributed by atoms with van der Waals surface area (Å²) < 4.78 is 0. The smallest absolute Gasteiger partial charge is 0.245 e. The molecule has 0 saturated carbocycles. The van der Waals surface area contributed by atoms with E-state index in [1.165, 1.54) is 6.92 Å². The summed E-state index contributed by atoms with van der Waals surface area (Å²) in [7, 11) is 0. The molecule has 15 N–H and O–H groups in total. The maximum absolute atomic E-state index is 14.2. The summed E-state index contributed by atoms with van der Waals surface area (Å²) in [5.41, 5.74) is 20.0. The molecular weight excluding hydrogens is 839 g/mol. The molecule has 1 aliphatic rings. The molecule has 3 rings (SSSR count). The van der Waals surface area contributed by atoms with E-state index in [0.717, 1.165) is 12.0 Å². The number of amides is 8. The molecule has 8 atom stereocenters. The molecule has 20 nitrogen and oxygen atoms in total. The van der Waals surface area contributed by atoms with Crippen LogP contribution in [0.3, 0.4) is 0 Å². The number of hydrogen-bond donors (Lipinski definition) is 12. The summed E-state index contributed by atoms with van der Waals surface area (Å²) in [6.07, 6.45) is -1.10. The van der Waals surface area contributed by atoms with Crippen molar-refractivity contribution in [1.29, 1.82) is 0 Å². The van der Waals surface area contributed by atoms with E-state index in [1.54, 1.807) is 42.5 Å². The first-order chi connectivity index (χ1) is 31.0. The summed E-state index contributed by atoms with van der Waals surface area (Å²) in [4.78, 5) is 111. The lowest BCUT2D eigenvalue weighted by Crippen LogP contribution is -2.61. The van der Waals surface area contributed by atoms with Crippen molar-refractivity contribution in [3.8, 4) is 0 Å². The molecule has 2 aromatic rings. The molecule has 0 unspecified atom stereocenters. The Bertz CT molecular complexity index is 1900. The predicted octanol–water partition coefficient (Wildman–Crippen LogP) is -2.58. The van der Waals surface area contributed by atoms with Crippen LogP contribution in [0.2, 0.25) is 0 Å². The number of aliphatic hydroxyl groups is 1. The van der Waals surface area contributed by atoms with Crippen molar-refractivity contribution >= 4 is 47.3 Å². The number of aliphatic hydroxyl groups excluding tert-OH is 1. The number of carbonyl (C=O) groups is 8. The van der Waals surface area contributed by atoms with Gasteiger partial charge in [-0.25, -0.2) is 0 Å². The van der Waals surface area contributed by atoms with E-state index in [4.69, 9.17) is 17.2 Å². The monoisotopic (exact) mass is 908 g/mol. The maximum atomic E-state index is 14.2. The minimum atomic E-state index is -1.55. The van der Waals surface area contributed by atoms with Gasteiger partial charge in [0.05, 0.1) is 12.5 Å². The van der Waals surface area contributed by atoms with Crippen LogP contribution in [-0.4, -0.2) is 127 Å². The molecule has 2 aromatic carbocycles. The van der Waals surface area contributed by atoms with Crippen LogP contribution in [0.1, 0.15) is 76.5 Å². The molecule has 358 valence electrons. The summed E-state index contributed by atoms with van der Waals surface area (Å²) in [5.74, 6) is -6.25. The van der Waals surface area contributed by atoms with Crippen LogP contribution >= 0.6 is 0 Å². The topological polar surface area (TPSA) is 331 Å². The molecule has 1 aliphatic heterocycles. The average Bonchev–Trinajstić information content (AvgIpc) is 3.26. The fourth-order valence-electron chi connectivity index (χ4n) is 7.13. The number of nitrogens with two attached hydrogens (primary N) is 3. The second kappa shape index (κ2) is 27.4. The summed E-state index contributed by atoms with van der Waals surface area (Å²) in [5, 5.41) is 31.7. The molecule has 1 fully saturated rings. The van der Waals surface area contributed by atoms with Gasteiger partial charge < -0.3 is 64.8 Å². The fraction of sp³-hybridized carbons (Fsp3) is 0.556. The van der Waals surface area contributed by atoms with Crippen molar-refractivity contribution in [3.63, 3.8) is 0 Å². The van der Waals surface area contributed by atoms with Gasteiger partial charge in [-0.05, 0) is 87.7 Å². The number of benzene rings is 2. The average molecular weight is 908 g/mol. The van der Waals surface area contributed by atoms with Crippen LogP contribution in [0.4, 0.5) is 0 Å². The molecule has 0 aliphatic carbocycles. The van der Waals surface area contributed by atoms with Gasteiger partial charge in [0.1, 0.15) is 42.3 Å². The fourth-order valence-corrected chi connectivity index (χ4v) is 7.13. The van der Waals surface area contributed by atoms with Gasteiger partial charge in [0.2, 0.25) is 47.3 Å². The van der Waals surface area contributed by atoms with Crippen LogP contribution in [0.5, 0.6) is 0 Å². The lowest BCUT2D eigenvalue weighted by molar-refractivity contribution is -0.136. The summed E-state index contributed by atoms with van der Waals surface area (Å²) >= 11 is 0. The highest BCUT2D eigenvalue weighted by Gasteiger charge is 2.35. The molecule has 20 heteroatoms. The van der Waals surface area contributed by atoms with Crippen molar-refractivity contribution in [2.75, 3.05) is 26.2 Å². The highest BCUT2D eigenvalue weighted by molar-refractivity contribution is 5.98. The maximum Gasteiger partial charge on any atom is 0.245 e. The van der Waals surface area contributed by atoms with Crippen LogP contribution < -0.4 is 59.7 Å². The Kier molecular flexibility index (Phi) is 22.5. The Morgan fingerprint density at radius 1 is 0.615 bits per heavy atom. The molecule has 1 heterocycles. The standard InChI is InChI=1S/C45H69N11O9/c1-5-28-11-13-30(14-12-28)25-37(58)50-34-18-22-49-45(65)38(27(4)57)56-42(62)33(17-21-48)52-39(59)31(15-19-46)53-43(63)35(23-26(2)3)54-44(64)36(24-29-9-7-6-8-10-29)55-40(60)32(16-20-47)51-41(34)61/h6-14,26-27,31-36,38,57H,5,15-25,46-48H2,1-4H3,(H,49,65)(H,50,58)(H,51,61)(H,52,59)(H,53,63)(H,54,64)(H,55,60)(H,56,62)/t27-,31+,32+,33+,34+,35+,36-,38+/m1/s1. The van der Waals surface area contributed by atoms with E-state index in [2.05, 4.69) is 42.5 Å². The van der Waals surface area contributed by atoms with E-state index in [0.29, 0.717) is 11.1 Å². The van der Waals surface area contributed by atoms with Gasteiger partial charge in [0, 0.05) is 13.0 Å². The SMILES string of the molecule is CCc1ccc(CC(=O)N[C@H]2CCNC(=O)[C@H]([C@@H](C)O)NC(=O)[C@H](CCN)NC(=O)[C@H](CCN)NC(=O)[C@H](CC(C)C)NC(=O)[C@@H](Cc3ccccc3)NC(=O)[C@H](CCN)NC2=O)cc1. The first-order valence-electron chi connectivity index (χ1n) is 22.3. The predicted molar refractivity (Wildman–Crippen MR) is 243 cm³/mol. The summed E-state index contributed by atoms with van der Waals surface area (Å²) in [6, 6.07) is 6.90. The van der Waals surface area contributed by atoms with Crippen LogP contribution in [0, 0.1) is 5.92 Å². The van der Waals surface area contributed by atoms with E-state index in [1.807, 2.05) is 32.9 Å². The van der Waals surface area contributed by atoms with Gasteiger partial charge in [0.25, 0.3) is 0 Å². The minimum absolute atomic E-state index is 0.0222. The molecule has 0 spiro atoms. The highest BCUT2D eigenvalue weighted by Crippen LogP contribution is 2.11. The Balaban J connectivity index is 2.09. The molecule has 1 saturated heterocycles. The first kappa shape index (κ1) is 53.4. The largest absolute Gasteiger partial charge is 0.391 e. The lowest BCUT2D eigenvalue weighted by Gasteiger charge is -2.28. The zero-order valence-electron chi connectivity index (χ0n) is 37.8. The molecule has 0 aromatic heterocycles. The second-order valence-electron chi connectivity index (χ2n) is 16.6. The van der Waals surface area contributed by atoms with Crippen LogP contribution in [0.15, 0.2) is 54.6 Å². The molecule has 8 amide bonds. The number of hydrogen-bond acceptors (Lipinski definition) is 12. The third-order valence-electron chi connectivity index (χ3n) is 10.8. The van der Waals surface area contributed by atoms with Gasteiger partial charge in [-0.3, -0.25) is 38.4 Å². The van der Waals surface area contributed by atoms with E-state index in [9.17, 15) is 43.5 Å². The van der Waals surface area contributed by atoms with E-state index in [-0.39, 0.29) is 77.0 Å². The number of nitrogens with one attached hydrogen (secondary N) is 8. The van der Waals surface area contributed by atoms with E-state index < -0.39 is 95.7 Å². The first-order valence-corrected chi connectivity index (χ1v) is 22.3. The quantitative estimate of drug-likeness (QED) is 0.0878. The number of aryl methyl sites for hydroxylation is 1. The van der Waals surface area contributed by atoms with Gasteiger partial charge >= 0.3 is 0 Å². The summed E-state index contributed by atoms with van der Waals surface area (Å²) in [6.45, 7) is 6.46. The van der Waals surface area contributed by atoms with E-state index >= 15 is 0 Å². The van der Waals surface area contributed by atoms with Crippen molar-refractivity contribution in [1.82, 2.24) is 42.5 Å². The van der Waals surface area contributed by atoms with Crippen molar-refractivity contribution < 1.29 is 43.5 Å². The Hall–Kier alpha value is -5.96. The molecule has 0 bridgehead atoms. The third kappa shape index (κ3) is 17.9. The van der Waals surface area contributed by atoms with Gasteiger partial charge in [0.15, 0.2) is 0 Å². The third-order valence-corrected chi connectivity index (χ3v) is 10.8. The number of rotatable bonds is 15. The Morgan fingerprint density at radius 3 is 1.58 bits per heavy atom. The zero-order valence-corrected chi connectivity index (χ0v) is 37.8. The normalized spacial score (nSPS) is 24.0. The second-order valence-corrected chi connectivity index (χ2v) is 16.6. The van der Waals surface area contributed by atoms with Crippen LogP contribution in [-0.2, 0) is 57.6 Å². The van der Waals surface area contributed by atoms with Gasteiger partial charge in [-0.1, -0.05) is 75.4 Å². The Morgan fingerprint density at radius 2 is 1.08 bits per heavy atom.